The molecule has 0 radical (unpaired) electrons. The Hall–Kier alpha value is -3.10. The number of thioether (sulfide) groups is 1. The van der Waals surface area contributed by atoms with Gasteiger partial charge in [-0.1, -0.05) is 78.5 Å². The van der Waals surface area contributed by atoms with Crippen LogP contribution in [-0.2, 0) is 0 Å². The van der Waals surface area contributed by atoms with Crippen LogP contribution in [0.2, 0.25) is 0 Å². The van der Waals surface area contributed by atoms with E-state index in [9.17, 15) is 0 Å². The number of hydrogen-bond acceptors (Lipinski definition) is 1. The summed E-state index contributed by atoms with van der Waals surface area (Å²) in [6.45, 7) is 0. The van der Waals surface area contributed by atoms with Crippen molar-refractivity contribution in [2.45, 2.75) is 0 Å². The molecule has 29 heavy (non-hydrogen) atoms. The van der Waals surface area contributed by atoms with Crippen molar-refractivity contribution in [3.63, 3.8) is 0 Å². The number of hydrogen-bond donors (Lipinski definition) is 0. The Kier molecular flexibility index (Phi) is 5.92. The first-order valence-corrected chi connectivity index (χ1v) is 10.6. The SMILES string of the molecule is C[N+](C)=C1C=CC(=C/C=C2/C=C(c3ccccc3)C=C(c3ccccc3)S2)C=C1. The van der Waals surface area contributed by atoms with Gasteiger partial charge in [-0.2, -0.15) is 0 Å². The Morgan fingerprint density at radius 1 is 0.690 bits per heavy atom. The van der Waals surface area contributed by atoms with Gasteiger partial charge >= 0.3 is 0 Å². The predicted octanol–water partition coefficient (Wildman–Crippen LogP) is 6.51. The van der Waals surface area contributed by atoms with E-state index in [-0.39, 0.29) is 0 Å². The van der Waals surface area contributed by atoms with Crippen molar-refractivity contribution in [2.75, 3.05) is 14.1 Å². The highest BCUT2D eigenvalue weighted by Crippen LogP contribution is 2.41. The summed E-state index contributed by atoms with van der Waals surface area (Å²) < 4.78 is 2.12. The Bertz CT molecular complexity index is 1090. The molecule has 2 aromatic rings. The molecule has 1 aliphatic carbocycles. The van der Waals surface area contributed by atoms with Gasteiger partial charge in [0.1, 0.15) is 14.1 Å². The average molecular weight is 395 g/mol. The monoisotopic (exact) mass is 394 g/mol. The molecule has 0 fully saturated rings. The Labute approximate surface area is 177 Å². The summed E-state index contributed by atoms with van der Waals surface area (Å²) in [4.78, 5) is 2.51. The first-order chi connectivity index (χ1) is 14.2. The highest BCUT2D eigenvalue weighted by Gasteiger charge is 2.13. The van der Waals surface area contributed by atoms with E-state index in [1.807, 2.05) is 11.8 Å². The van der Waals surface area contributed by atoms with Gasteiger partial charge < -0.3 is 0 Å². The first kappa shape index (κ1) is 19.2. The highest BCUT2D eigenvalue weighted by molar-refractivity contribution is 8.12. The molecule has 2 aliphatic rings. The largest absolute Gasteiger partial charge is 0.235 e. The minimum absolute atomic E-state index is 1.20. The zero-order valence-corrected chi connectivity index (χ0v) is 17.6. The molecule has 2 aromatic carbocycles. The van der Waals surface area contributed by atoms with E-state index in [0.29, 0.717) is 0 Å². The van der Waals surface area contributed by atoms with Crippen molar-refractivity contribution < 1.29 is 4.58 Å². The lowest BCUT2D eigenvalue weighted by atomic mass is 10.0. The van der Waals surface area contributed by atoms with Gasteiger partial charge in [0.05, 0.1) is 0 Å². The van der Waals surface area contributed by atoms with E-state index in [1.54, 1.807) is 0 Å². The standard InChI is InChI=1S/C27H24NS/c1-28(2)25-16-13-21(14-17-25)15-18-26-19-24(22-9-5-3-6-10-22)20-27(29-26)23-11-7-4-8-12-23/h3-20H,1-2H3/q+1/b26-18-. The lowest BCUT2D eigenvalue weighted by Gasteiger charge is -2.16. The summed E-state index contributed by atoms with van der Waals surface area (Å²) >= 11 is 1.82. The molecule has 0 N–H and O–H groups in total. The molecule has 0 saturated carbocycles. The first-order valence-electron chi connectivity index (χ1n) is 9.73. The molecule has 0 aromatic heterocycles. The quantitative estimate of drug-likeness (QED) is 0.537. The van der Waals surface area contributed by atoms with E-state index in [0.717, 1.165) is 0 Å². The van der Waals surface area contributed by atoms with Crippen molar-refractivity contribution in [1.29, 1.82) is 0 Å². The molecule has 2 heteroatoms. The minimum Gasteiger partial charge on any atom is -0.235 e. The fourth-order valence-electron chi connectivity index (χ4n) is 3.21. The average Bonchev–Trinajstić information content (AvgIpc) is 2.79. The van der Waals surface area contributed by atoms with Crippen LogP contribution in [0.25, 0.3) is 10.5 Å². The molecule has 0 atom stereocenters. The lowest BCUT2D eigenvalue weighted by Crippen LogP contribution is -2.09. The van der Waals surface area contributed by atoms with Gasteiger partial charge in [0.25, 0.3) is 0 Å². The van der Waals surface area contributed by atoms with Crippen LogP contribution in [0, 0.1) is 0 Å². The van der Waals surface area contributed by atoms with Gasteiger partial charge in [0.15, 0.2) is 5.71 Å². The molecule has 0 saturated heterocycles. The summed E-state index contributed by atoms with van der Waals surface area (Å²) in [6, 6.07) is 21.2. The maximum atomic E-state index is 2.29. The van der Waals surface area contributed by atoms with E-state index in [1.165, 1.54) is 37.8 Å². The summed E-state index contributed by atoms with van der Waals surface area (Å²) in [5.41, 5.74) is 6.14. The van der Waals surface area contributed by atoms with Gasteiger partial charge in [-0.15, -0.1) is 0 Å². The van der Waals surface area contributed by atoms with Crippen LogP contribution >= 0.6 is 11.8 Å². The summed E-state index contributed by atoms with van der Waals surface area (Å²) in [5, 5.41) is 0. The van der Waals surface area contributed by atoms with Crippen molar-refractivity contribution in [2.24, 2.45) is 0 Å². The Balaban J connectivity index is 1.68. The van der Waals surface area contributed by atoms with E-state index in [4.69, 9.17) is 0 Å². The summed E-state index contributed by atoms with van der Waals surface area (Å²) in [6.07, 6.45) is 17.6. The number of benzene rings is 2. The molecule has 0 bridgehead atoms. The van der Waals surface area contributed by atoms with Crippen LogP contribution in [0.5, 0.6) is 0 Å². The fraction of sp³-hybridized carbons (Fsp3) is 0.0741. The van der Waals surface area contributed by atoms with Crippen molar-refractivity contribution in [1.82, 2.24) is 0 Å². The van der Waals surface area contributed by atoms with Crippen LogP contribution < -0.4 is 0 Å². The van der Waals surface area contributed by atoms with Crippen LogP contribution in [0.1, 0.15) is 11.1 Å². The third-order valence-electron chi connectivity index (χ3n) is 4.83. The highest BCUT2D eigenvalue weighted by atomic mass is 32.2. The second-order valence-electron chi connectivity index (χ2n) is 7.16. The zero-order valence-electron chi connectivity index (χ0n) is 16.7. The smallest absolute Gasteiger partial charge is 0.199 e. The third kappa shape index (κ3) is 4.85. The summed E-state index contributed by atoms with van der Waals surface area (Å²) in [5.74, 6) is 0. The van der Waals surface area contributed by atoms with E-state index >= 15 is 0 Å². The van der Waals surface area contributed by atoms with Gasteiger partial charge in [-0.3, -0.25) is 0 Å². The number of nitrogens with zero attached hydrogens (tertiary/aromatic N) is 1. The molecule has 142 valence electrons. The molecular weight excluding hydrogens is 370 g/mol. The molecular formula is C27H24NS+. The van der Waals surface area contributed by atoms with Crippen molar-refractivity contribution in [3.05, 3.63) is 131 Å². The maximum absolute atomic E-state index is 2.29. The molecule has 1 aliphatic heterocycles. The second-order valence-corrected chi connectivity index (χ2v) is 8.28. The normalized spacial score (nSPS) is 17.2. The van der Waals surface area contributed by atoms with Crippen LogP contribution in [0.4, 0.5) is 0 Å². The number of rotatable bonds is 3. The molecule has 0 amide bonds. The molecule has 0 unspecified atom stereocenters. The topological polar surface area (TPSA) is 3.01 Å². The Morgan fingerprint density at radius 3 is 1.93 bits per heavy atom. The van der Waals surface area contributed by atoms with Crippen LogP contribution in [0.3, 0.4) is 0 Å². The zero-order chi connectivity index (χ0) is 20.1. The molecule has 4 rings (SSSR count). The van der Waals surface area contributed by atoms with E-state index in [2.05, 4.69) is 128 Å². The van der Waals surface area contributed by atoms with Crippen molar-refractivity contribution in [3.8, 4) is 0 Å². The number of allylic oxidation sites excluding steroid dienone is 10. The Morgan fingerprint density at radius 2 is 1.31 bits per heavy atom. The van der Waals surface area contributed by atoms with Gasteiger partial charge in [0, 0.05) is 22.0 Å². The lowest BCUT2D eigenvalue weighted by molar-refractivity contribution is -0.462. The second kappa shape index (κ2) is 8.93. The molecule has 0 spiro atoms. The minimum atomic E-state index is 1.20. The van der Waals surface area contributed by atoms with Crippen molar-refractivity contribution >= 4 is 28.0 Å². The fourth-order valence-corrected chi connectivity index (χ4v) is 4.22. The van der Waals surface area contributed by atoms with Gasteiger partial charge in [-0.05, 0) is 52.7 Å². The van der Waals surface area contributed by atoms with Crippen LogP contribution in [0.15, 0.2) is 120 Å². The van der Waals surface area contributed by atoms with Gasteiger partial charge in [0.2, 0.25) is 0 Å². The maximum Gasteiger partial charge on any atom is 0.199 e. The molecule has 1 nitrogen and oxygen atoms in total. The summed E-state index contributed by atoms with van der Waals surface area (Å²) in [7, 11) is 4.12. The van der Waals surface area contributed by atoms with E-state index < -0.39 is 0 Å². The molecule has 1 heterocycles. The van der Waals surface area contributed by atoms with Gasteiger partial charge in [-0.25, -0.2) is 4.58 Å². The van der Waals surface area contributed by atoms with Crippen LogP contribution in [-0.4, -0.2) is 24.4 Å². The third-order valence-corrected chi connectivity index (χ3v) is 5.89. The predicted molar refractivity (Wildman–Crippen MR) is 128 cm³/mol.